The van der Waals surface area contributed by atoms with E-state index in [1.807, 2.05) is 25.1 Å². The van der Waals surface area contributed by atoms with Gasteiger partial charge in [0, 0.05) is 24.4 Å². The zero-order valence-electron chi connectivity index (χ0n) is 15.1. The molecule has 0 aromatic heterocycles. The number of hydrogen-bond acceptors (Lipinski definition) is 4. The average Bonchev–Trinajstić information content (AvgIpc) is 3.23. The Bertz CT molecular complexity index is 678. The predicted octanol–water partition coefficient (Wildman–Crippen LogP) is 2.56. The minimum absolute atomic E-state index is 0.0897. The Morgan fingerprint density at radius 1 is 1.28 bits per heavy atom. The molecule has 0 spiro atoms. The smallest absolute Gasteiger partial charge is 0.164 e. The molecule has 3 aliphatic rings. The van der Waals surface area contributed by atoms with Crippen LogP contribution in [0.1, 0.15) is 53.1 Å². The van der Waals surface area contributed by atoms with Crippen molar-refractivity contribution in [1.82, 2.24) is 10.2 Å². The highest BCUT2D eigenvalue weighted by molar-refractivity contribution is 6.07. The van der Waals surface area contributed by atoms with Crippen molar-refractivity contribution in [1.29, 1.82) is 0 Å². The van der Waals surface area contributed by atoms with Crippen LogP contribution in [0.25, 0.3) is 0 Å². The summed E-state index contributed by atoms with van der Waals surface area (Å²) >= 11 is 0. The molecule has 1 aliphatic carbocycles. The molecule has 0 radical (unpaired) electrons. The van der Waals surface area contributed by atoms with E-state index in [-0.39, 0.29) is 17.6 Å². The quantitative estimate of drug-likeness (QED) is 0.915. The number of nitrogens with one attached hydrogen (secondary N) is 1. The molecule has 4 rings (SSSR count). The van der Waals surface area contributed by atoms with E-state index < -0.39 is 0 Å². The minimum Gasteiger partial charge on any atom is -0.316 e. The molecule has 0 amide bonds. The maximum absolute atomic E-state index is 13.4. The van der Waals surface area contributed by atoms with Gasteiger partial charge in [-0.1, -0.05) is 17.7 Å². The molecule has 0 bridgehead atoms. The number of likely N-dealkylation sites (tertiary alicyclic amines) is 1. The Balaban J connectivity index is 1.54. The number of nitrogens with zero attached hydrogens (tertiary/aromatic N) is 1. The number of carbonyl (C=O) groups excluding carboxylic acids is 2. The SMILES string of the molecule is Cc1ccc2c(c1)C(=O)CC2C(=O)C1CCNCC1CN1CCCC1. The molecule has 2 aliphatic heterocycles. The molecule has 0 saturated carbocycles. The fraction of sp³-hybridized carbons (Fsp3) is 0.619. The van der Waals surface area contributed by atoms with Crippen LogP contribution in [0.4, 0.5) is 0 Å². The maximum atomic E-state index is 13.4. The first-order valence-corrected chi connectivity index (χ1v) is 9.74. The van der Waals surface area contributed by atoms with Crippen LogP contribution in [-0.2, 0) is 4.79 Å². The van der Waals surface area contributed by atoms with Gasteiger partial charge in [0.05, 0.1) is 5.92 Å². The number of carbonyl (C=O) groups is 2. The maximum Gasteiger partial charge on any atom is 0.164 e. The average molecular weight is 340 g/mol. The second-order valence-corrected chi connectivity index (χ2v) is 8.04. The van der Waals surface area contributed by atoms with E-state index in [9.17, 15) is 9.59 Å². The molecular weight excluding hydrogens is 312 g/mol. The number of piperidine rings is 1. The number of rotatable bonds is 4. The third kappa shape index (κ3) is 3.30. The zero-order chi connectivity index (χ0) is 17.4. The fourth-order valence-electron chi connectivity index (χ4n) is 4.92. The molecule has 4 nitrogen and oxygen atoms in total. The van der Waals surface area contributed by atoms with Gasteiger partial charge in [0.1, 0.15) is 5.78 Å². The predicted molar refractivity (Wildman–Crippen MR) is 98.0 cm³/mol. The molecule has 2 fully saturated rings. The van der Waals surface area contributed by atoms with Crippen molar-refractivity contribution >= 4 is 11.6 Å². The monoisotopic (exact) mass is 340 g/mol. The number of Topliss-reactive ketones (excluding diaryl/α,β-unsaturated/α-hetero) is 2. The minimum atomic E-state index is -0.215. The third-order valence-electron chi connectivity index (χ3n) is 6.28. The fourth-order valence-corrected chi connectivity index (χ4v) is 4.92. The van der Waals surface area contributed by atoms with Gasteiger partial charge in [0.2, 0.25) is 0 Å². The second-order valence-electron chi connectivity index (χ2n) is 8.04. The van der Waals surface area contributed by atoms with E-state index >= 15 is 0 Å². The lowest BCUT2D eigenvalue weighted by atomic mass is 9.77. The first-order valence-electron chi connectivity index (χ1n) is 9.74. The van der Waals surface area contributed by atoms with Gasteiger partial charge in [-0.15, -0.1) is 0 Å². The number of aryl methyl sites for hydroxylation is 1. The lowest BCUT2D eigenvalue weighted by molar-refractivity contribution is -0.127. The van der Waals surface area contributed by atoms with Gasteiger partial charge in [0.15, 0.2) is 5.78 Å². The molecule has 2 saturated heterocycles. The summed E-state index contributed by atoms with van der Waals surface area (Å²) in [6, 6.07) is 5.99. The topological polar surface area (TPSA) is 49.4 Å². The van der Waals surface area contributed by atoms with Crippen LogP contribution in [0.2, 0.25) is 0 Å². The molecule has 25 heavy (non-hydrogen) atoms. The highest BCUT2D eigenvalue weighted by atomic mass is 16.1. The van der Waals surface area contributed by atoms with Crippen LogP contribution in [0.3, 0.4) is 0 Å². The third-order valence-corrected chi connectivity index (χ3v) is 6.28. The van der Waals surface area contributed by atoms with Crippen molar-refractivity contribution < 1.29 is 9.59 Å². The van der Waals surface area contributed by atoms with Crippen LogP contribution in [-0.4, -0.2) is 49.2 Å². The Labute approximate surface area is 150 Å². The summed E-state index contributed by atoms with van der Waals surface area (Å²) in [6.45, 7) is 7.19. The Hall–Kier alpha value is -1.52. The van der Waals surface area contributed by atoms with Crippen LogP contribution >= 0.6 is 0 Å². The van der Waals surface area contributed by atoms with Crippen LogP contribution in [0.5, 0.6) is 0 Å². The van der Waals surface area contributed by atoms with Gasteiger partial charge in [0.25, 0.3) is 0 Å². The van der Waals surface area contributed by atoms with Crippen molar-refractivity contribution in [3.63, 3.8) is 0 Å². The number of hydrogen-bond donors (Lipinski definition) is 1. The second kappa shape index (κ2) is 7.00. The van der Waals surface area contributed by atoms with Crippen molar-refractivity contribution in [2.45, 2.75) is 38.5 Å². The summed E-state index contributed by atoms with van der Waals surface area (Å²) in [7, 11) is 0. The van der Waals surface area contributed by atoms with Crippen molar-refractivity contribution in [2.75, 3.05) is 32.7 Å². The largest absolute Gasteiger partial charge is 0.316 e. The first kappa shape index (κ1) is 16.9. The van der Waals surface area contributed by atoms with Crippen LogP contribution in [0, 0.1) is 18.8 Å². The highest BCUT2D eigenvalue weighted by Gasteiger charge is 2.41. The van der Waals surface area contributed by atoms with Gasteiger partial charge < -0.3 is 10.2 Å². The van der Waals surface area contributed by atoms with Crippen molar-refractivity contribution in [3.05, 3.63) is 34.9 Å². The lowest BCUT2D eigenvalue weighted by Gasteiger charge is -2.35. The number of ketones is 2. The van der Waals surface area contributed by atoms with Gasteiger partial charge in [-0.25, -0.2) is 0 Å². The lowest BCUT2D eigenvalue weighted by Crippen LogP contribution is -2.46. The molecule has 1 aromatic carbocycles. The highest BCUT2D eigenvalue weighted by Crippen LogP contribution is 2.38. The molecule has 134 valence electrons. The van der Waals surface area contributed by atoms with E-state index in [0.717, 1.165) is 42.7 Å². The van der Waals surface area contributed by atoms with E-state index in [1.54, 1.807) is 0 Å². The summed E-state index contributed by atoms with van der Waals surface area (Å²) in [6.07, 6.45) is 3.84. The first-order chi connectivity index (χ1) is 12.1. The normalized spacial score (nSPS) is 29.8. The number of benzene rings is 1. The summed E-state index contributed by atoms with van der Waals surface area (Å²) in [4.78, 5) is 28.3. The Kier molecular flexibility index (Phi) is 4.74. The Morgan fingerprint density at radius 3 is 2.88 bits per heavy atom. The molecule has 3 unspecified atom stereocenters. The summed E-state index contributed by atoms with van der Waals surface area (Å²) in [5.74, 6) is 0.701. The van der Waals surface area contributed by atoms with E-state index in [1.165, 1.54) is 25.9 Å². The van der Waals surface area contributed by atoms with Crippen LogP contribution in [0.15, 0.2) is 18.2 Å². The van der Waals surface area contributed by atoms with Crippen molar-refractivity contribution in [3.8, 4) is 0 Å². The standard InChI is InChI=1S/C21H28N2O2/c1-14-4-5-17-18(10-14)20(24)11-19(17)21(25)16-6-7-22-12-15(16)13-23-8-2-3-9-23/h4-5,10,15-16,19,22H,2-3,6-9,11-13H2,1H3. The molecular formula is C21H28N2O2. The van der Waals surface area contributed by atoms with Crippen LogP contribution < -0.4 is 5.32 Å². The van der Waals surface area contributed by atoms with E-state index in [0.29, 0.717) is 18.1 Å². The summed E-state index contributed by atoms with van der Waals surface area (Å²) < 4.78 is 0. The Morgan fingerprint density at radius 2 is 2.08 bits per heavy atom. The van der Waals surface area contributed by atoms with Gasteiger partial charge in [-0.05, 0) is 69.9 Å². The van der Waals surface area contributed by atoms with Gasteiger partial charge in [-0.3, -0.25) is 9.59 Å². The number of fused-ring (bicyclic) bond motifs is 1. The molecule has 1 aromatic rings. The van der Waals surface area contributed by atoms with Crippen molar-refractivity contribution in [2.24, 2.45) is 11.8 Å². The van der Waals surface area contributed by atoms with E-state index in [2.05, 4.69) is 10.2 Å². The van der Waals surface area contributed by atoms with E-state index in [4.69, 9.17) is 0 Å². The van der Waals surface area contributed by atoms with Gasteiger partial charge >= 0.3 is 0 Å². The molecule has 2 heterocycles. The molecule has 1 N–H and O–H groups in total. The summed E-state index contributed by atoms with van der Waals surface area (Å²) in [5, 5.41) is 3.47. The zero-order valence-corrected chi connectivity index (χ0v) is 15.1. The van der Waals surface area contributed by atoms with Gasteiger partial charge in [-0.2, -0.15) is 0 Å². The molecule has 3 atom stereocenters. The summed E-state index contributed by atoms with van der Waals surface area (Å²) in [5.41, 5.74) is 2.84. The molecule has 4 heteroatoms.